The first-order chi connectivity index (χ1) is 7.19. The normalized spacial score (nSPS) is 12.4. The maximum atomic E-state index is 10.9. The number of benzene rings is 1. The van der Waals surface area contributed by atoms with Gasteiger partial charge in [0.05, 0.1) is 5.92 Å². The Kier molecular flexibility index (Phi) is 4.65. The molecule has 0 spiro atoms. The van der Waals surface area contributed by atoms with Gasteiger partial charge in [0, 0.05) is 11.4 Å². The summed E-state index contributed by atoms with van der Waals surface area (Å²) in [6.07, 6.45) is 0. The predicted octanol–water partition coefficient (Wildman–Crippen LogP) is 1.93. The van der Waals surface area contributed by atoms with E-state index < -0.39 is 11.9 Å². The average Bonchev–Trinajstić information content (AvgIpc) is 2.21. The molecule has 0 saturated carbocycles. The molecule has 0 aliphatic carbocycles. The Balaban J connectivity index is 2.82. The first-order valence-corrected chi connectivity index (χ1v) is 5.83. The number of hydrogen-bond acceptors (Lipinski definition) is 3. The Morgan fingerprint density at radius 1 is 1.47 bits per heavy atom. The van der Waals surface area contributed by atoms with Crippen LogP contribution in [-0.2, 0) is 4.79 Å². The van der Waals surface area contributed by atoms with Crippen LogP contribution in [0.2, 0.25) is 0 Å². The largest absolute Gasteiger partial charge is 0.481 e. The Bertz CT molecular complexity index is 324. The van der Waals surface area contributed by atoms with E-state index in [2.05, 4.69) is 6.92 Å². The molecule has 0 aliphatic heterocycles. The Morgan fingerprint density at radius 3 is 2.47 bits per heavy atom. The number of carboxylic acids is 1. The van der Waals surface area contributed by atoms with Gasteiger partial charge in [0.2, 0.25) is 0 Å². The highest BCUT2D eigenvalue weighted by Crippen LogP contribution is 2.21. The molecule has 4 heteroatoms. The van der Waals surface area contributed by atoms with Gasteiger partial charge in [-0.05, 0) is 23.4 Å². The van der Waals surface area contributed by atoms with E-state index in [1.165, 1.54) is 0 Å². The summed E-state index contributed by atoms with van der Waals surface area (Å²) in [5.74, 6) is -0.447. The third-order valence-corrected chi connectivity index (χ3v) is 3.02. The van der Waals surface area contributed by atoms with Crippen LogP contribution >= 0.6 is 11.8 Å². The number of carboxylic acid groups (broad SMARTS) is 1. The molecule has 1 unspecified atom stereocenters. The average molecular weight is 225 g/mol. The van der Waals surface area contributed by atoms with Crippen LogP contribution in [0.5, 0.6) is 0 Å². The van der Waals surface area contributed by atoms with Crippen LogP contribution in [0, 0.1) is 0 Å². The van der Waals surface area contributed by atoms with Gasteiger partial charge >= 0.3 is 5.97 Å². The molecule has 0 saturated heterocycles. The van der Waals surface area contributed by atoms with E-state index in [0.717, 1.165) is 16.2 Å². The Morgan fingerprint density at radius 2 is 2.07 bits per heavy atom. The lowest BCUT2D eigenvalue weighted by atomic mass is 10.00. The Labute approximate surface area is 93.7 Å². The van der Waals surface area contributed by atoms with E-state index in [0.29, 0.717) is 0 Å². The molecule has 3 N–H and O–H groups in total. The van der Waals surface area contributed by atoms with E-state index in [1.807, 2.05) is 24.3 Å². The highest BCUT2D eigenvalue weighted by molar-refractivity contribution is 7.99. The van der Waals surface area contributed by atoms with Gasteiger partial charge in [-0.3, -0.25) is 4.79 Å². The van der Waals surface area contributed by atoms with E-state index in [1.54, 1.807) is 11.8 Å². The monoisotopic (exact) mass is 225 g/mol. The fraction of sp³-hybridized carbons (Fsp3) is 0.364. The smallest absolute Gasteiger partial charge is 0.312 e. The second-order valence-electron chi connectivity index (χ2n) is 3.13. The molecule has 0 heterocycles. The van der Waals surface area contributed by atoms with Crippen molar-refractivity contribution in [1.29, 1.82) is 0 Å². The standard InChI is InChI=1S/C11H15NO2S/c1-2-15-9-5-3-8(4-6-9)10(7-12)11(13)14/h3-6,10H,2,7,12H2,1H3,(H,13,14). The third-order valence-electron chi connectivity index (χ3n) is 2.13. The van der Waals surface area contributed by atoms with E-state index in [-0.39, 0.29) is 6.54 Å². The van der Waals surface area contributed by atoms with Gasteiger partial charge in [-0.15, -0.1) is 11.8 Å². The zero-order valence-corrected chi connectivity index (χ0v) is 9.46. The minimum Gasteiger partial charge on any atom is -0.481 e. The number of hydrogen-bond donors (Lipinski definition) is 2. The van der Waals surface area contributed by atoms with E-state index in [4.69, 9.17) is 10.8 Å². The second-order valence-corrected chi connectivity index (χ2v) is 4.47. The maximum Gasteiger partial charge on any atom is 0.312 e. The molecule has 3 nitrogen and oxygen atoms in total. The number of aliphatic carboxylic acids is 1. The van der Waals surface area contributed by atoms with Gasteiger partial charge in [-0.2, -0.15) is 0 Å². The zero-order chi connectivity index (χ0) is 11.3. The molecule has 82 valence electrons. The predicted molar refractivity (Wildman–Crippen MR) is 62.3 cm³/mol. The van der Waals surface area contributed by atoms with Crippen molar-refractivity contribution in [2.24, 2.45) is 5.73 Å². The molecule has 1 atom stereocenters. The van der Waals surface area contributed by atoms with Gasteiger partial charge in [0.25, 0.3) is 0 Å². The van der Waals surface area contributed by atoms with Crippen molar-refractivity contribution in [3.63, 3.8) is 0 Å². The van der Waals surface area contributed by atoms with E-state index >= 15 is 0 Å². The SMILES string of the molecule is CCSc1ccc(C(CN)C(=O)O)cc1. The van der Waals surface area contributed by atoms with Gasteiger partial charge < -0.3 is 10.8 Å². The lowest BCUT2D eigenvalue weighted by Gasteiger charge is -2.10. The van der Waals surface area contributed by atoms with Gasteiger partial charge in [0.15, 0.2) is 0 Å². The molecule has 0 aliphatic rings. The topological polar surface area (TPSA) is 63.3 Å². The summed E-state index contributed by atoms with van der Waals surface area (Å²) in [5, 5.41) is 8.91. The van der Waals surface area contributed by atoms with Gasteiger partial charge in [0.1, 0.15) is 0 Å². The lowest BCUT2D eigenvalue weighted by Crippen LogP contribution is -2.20. The van der Waals surface area contributed by atoms with Gasteiger partial charge in [-0.25, -0.2) is 0 Å². The van der Waals surface area contributed by atoms with Crippen molar-refractivity contribution in [3.05, 3.63) is 29.8 Å². The first kappa shape index (κ1) is 12.1. The number of thioether (sulfide) groups is 1. The summed E-state index contributed by atoms with van der Waals surface area (Å²) in [6.45, 7) is 2.22. The van der Waals surface area contributed by atoms with Crippen molar-refractivity contribution < 1.29 is 9.90 Å². The molecule has 0 aromatic heterocycles. The van der Waals surface area contributed by atoms with Crippen molar-refractivity contribution in [1.82, 2.24) is 0 Å². The third kappa shape index (κ3) is 3.25. The maximum absolute atomic E-state index is 10.9. The summed E-state index contributed by atoms with van der Waals surface area (Å²) >= 11 is 1.73. The lowest BCUT2D eigenvalue weighted by molar-refractivity contribution is -0.138. The summed E-state index contributed by atoms with van der Waals surface area (Å²) < 4.78 is 0. The Hall–Kier alpha value is -1.00. The van der Waals surface area contributed by atoms with Crippen molar-refractivity contribution in [3.8, 4) is 0 Å². The fourth-order valence-corrected chi connectivity index (χ4v) is 2.00. The van der Waals surface area contributed by atoms with Crippen molar-refractivity contribution >= 4 is 17.7 Å². The molecule has 0 bridgehead atoms. The minimum absolute atomic E-state index is 0.135. The molecule has 0 amide bonds. The molecule has 0 radical (unpaired) electrons. The van der Waals surface area contributed by atoms with Gasteiger partial charge in [-0.1, -0.05) is 19.1 Å². The zero-order valence-electron chi connectivity index (χ0n) is 8.64. The van der Waals surface area contributed by atoms with Crippen LogP contribution in [0.1, 0.15) is 18.4 Å². The molecule has 1 rings (SSSR count). The van der Waals surface area contributed by atoms with Crippen LogP contribution < -0.4 is 5.73 Å². The minimum atomic E-state index is -0.867. The van der Waals surface area contributed by atoms with Crippen LogP contribution in [0.15, 0.2) is 29.2 Å². The fourth-order valence-electron chi connectivity index (χ4n) is 1.34. The van der Waals surface area contributed by atoms with E-state index in [9.17, 15) is 4.79 Å². The molecule has 0 fully saturated rings. The molecular weight excluding hydrogens is 210 g/mol. The highest BCUT2D eigenvalue weighted by atomic mass is 32.2. The second kappa shape index (κ2) is 5.78. The first-order valence-electron chi connectivity index (χ1n) is 4.84. The summed E-state index contributed by atoms with van der Waals surface area (Å²) in [7, 11) is 0. The van der Waals surface area contributed by atoms with Crippen molar-refractivity contribution in [2.75, 3.05) is 12.3 Å². The molecule has 1 aromatic carbocycles. The van der Waals surface area contributed by atoms with Crippen LogP contribution in [-0.4, -0.2) is 23.4 Å². The molecule has 1 aromatic rings. The number of nitrogens with two attached hydrogens (primary N) is 1. The molecular formula is C11H15NO2S. The summed E-state index contributed by atoms with van der Waals surface area (Å²) in [6, 6.07) is 7.55. The van der Waals surface area contributed by atoms with Crippen LogP contribution in [0.25, 0.3) is 0 Å². The summed E-state index contributed by atoms with van der Waals surface area (Å²) in [4.78, 5) is 12.0. The number of carbonyl (C=O) groups is 1. The quantitative estimate of drug-likeness (QED) is 0.751. The van der Waals surface area contributed by atoms with Crippen molar-refractivity contribution in [2.45, 2.75) is 17.7 Å². The summed E-state index contributed by atoms with van der Waals surface area (Å²) in [5.41, 5.74) is 6.19. The van der Waals surface area contributed by atoms with Crippen LogP contribution in [0.4, 0.5) is 0 Å². The molecule has 15 heavy (non-hydrogen) atoms. The van der Waals surface area contributed by atoms with Crippen LogP contribution in [0.3, 0.4) is 0 Å². The number of rotatable bonds is 5. The highest BCUT2D eigenvalue weighted by Gasteiger charge is 2.17.